The molecule has 160 valence electrons. The second-order valence-electron chi connectivity index (χ2n) is 7.53. The Morgan fingerprint density at radius 2 is 1.88 bits per heavy atom. The summed E-state index contributed by atoms with van der Waals surface area (Å²) in [4.78, 5) is 29.7. The summed E-state index contributed by atoms with van der Waals surface area (Å²) < 4.78 is 9.14. The molecule has 0 fully saturated rings. The minimum absolute atomic E-state index is 0.0209. The van der Waals surface area contributed by atoms with Crippen LogP contribution in [-0.4, -0.2) is 30.2 Å². The molecular weight excluding hydrogens is 408 g/mol. The molecule has 0 aliphatic heterocycles. The maximum atomic E-state index is 11.6. The molecule has 0 spiro atoms. The van der Waals surface area contributed by atoms with E-state index < -0.39 is 11.7 Å². The smallest absolute Gasteiger partial charge is 0.417 e. The zero-order chi connectivity index (χ0) is 22.2. The predicted molar refractivity (Wildman–Crippen MR) is 119 cm³/mol. The van der Waals surface area contributed by atoms with E-state index in [0.717, 1.165) is 34.2 Å². The van der Waals surface area contributed by atoms with E-state index in [4.69, 9.17) is 4.42 Å². The van der Waals surface area contributed by atoms with Crippen molar-refractivity contribution in [2.75, 3.05) is 0 Å². The molecular formula is C24H20N4O4. The van der Waals surface area contributed by atoms with Crippen LogP contribution >= 0.6 is 0 Å². The van der Waals surface area contributed by atoms with Gasteiger partial charge >= 0.3 is 11.7 Å². The number of hydrogen-bond donors (Lipinski definition) is 2. The molecule has 5 rings (SSSR count). The number of nitrogens with zero attached hydrogens (tertiary/aromatic N) is 3. The summed E-state index contributed by atoms with van der Waals surface area (Å²) in [6.45, 7) is 1.95. The third-order valence-electron chi connectivity index (χ3n) is 5.48. The molecule has 0 saturated carbocycles. The number of aromatic nitrogens is 4. The number of carboxylic acid groups (broad SMARTS) is 1. The van der Waals surface area contributed by atoms with E-state index in [1.165, 1.54) is 0 Å². The monoisotopic (exact) mass is 428 g/mol. The van der Waals surface area contributed by atoms with Crippen molar-refractivity contribution in [1.29, 1.82) is 0 Å². The van der Waals surface area contributed by atoms with Crippen molar-refractivity contribution in [2.24, 2.45) is 0 Å². The number of benzene rings is 2. The minimum atomic E-state index is -0.853. The molecule has 0 saturated heterocycles. The number of aromatic amines is 1. The fourth-order valence-electron chi connectivity index (χ4n) is 3.96. The number of aliphatic carboxylic acids is 1. The Morgan fingerprint density at radius 3 is 2.59 bits per heavy atom. The lowest BCUT2D eigenvalue weighted by Crippen LogP contribution is -2.05. The average Bonchev–Trinajstić information content (AvgIpc) is 3.48. The topological polar surface area (TPSA) is 106 Å². The third kappa shape index (κ3) is 3.51. The van der Waals surface area contributed by atoms with Gasteiger partial charge in [-0.05, 0) is 61.4 Å². The molecule has 3 aromatic heterocycles. The van der Waals surface area contributed by atoms with Gasteiger partial charge in [0.2, 0.25) is 0 Å². The lowest BCUT2D eigenvalue weighted by Gasteiger charge is -2.14. The second-order valence-corrected chi connectivity index (χ2v) is 7.53. The maximum Gasteiger partial charge on any atom is 0.417 e. The number of hydrogen-bond acceptors (Lipinski definition) is 4. The number of carboxylic acids is 1. The van der Waals surface area contributed by atoms with Crippen molar-refractivity contribution >= 4 is 17.1 Å². The highest BCUT2D eigenvalue weighted by molar-refractivity contribution is 5.76. The highest BCUT2D eigenvalue weighted by Gasteiger charge is 2.15. The molecule has 8 heteroatoms. The molecule has 0 radical (unpaired) electrons. The van der Waals surface area contributed by atoms with Crippen LogP contribution in [0.1, 0.15) is 17.9 Å². The number of imidazole rings is 1. The molecule has 3 heterocycles. The molecule has 0 amide bonds. The van der Waals surface area contributed by atoms with E-state index in [2.05, 4.69) is 9.97 Å². The number of rotatable bonds is 6. The number of nitrogens with one attached hydrogen (secondary N) is 1. The van der Waals surface area contributed by atoms with Gasteiger partial charge in [0.1, 0.15) is 5.82 Å². The lowest BCUT2D eigenvalue weighted by atomic mass is 10.1. The van der Waals surface area contributed by atoms with Crippen molar-refractivity contribution in [1.82, 2.24) is 19.1 Å². The van der Waals surface area contributed by atoms with E-state index in [1.54, 1.807) is 12.3 Å². The first kappa shape index (κ1) is 19.6. The second kappa shape index (κ2) is 7.73. The maximum absolute atomic E-state index is 11.6. The molecule has 0 unspecified atom stereocenters. The minimum Gasteiger partial charge on any atom is -0.481 e. The summed E-state index contributed by atoms with van der Waals surface area (Å²) in [5, 5.41) is 9.18. The van der Waals surface area contributed by atoms with Crippen LogP contribution in [-0.2, 0) is 11.2 Å². The zero-order valence-electron chi connectivity index (χ0n) is 17.3. The summed E-state index contributed by atoms with van der Waals surface area (Å²) in [6.07, 6.45) is 4.08. The summed E-state index contributed by atoms with van der Waals surface area (Å²) in [6, 6.07) is 17.4. The van der Waals surface area contributed by atoms with Crippen LogP contribution in [0.15, 0.2) is 76.2 Å². The Hall–Kier alpha value is -4.33. The van der Waals surface area contributed by atoms with Gasteiger partial charge in [-0.25, -0.2) is 9.78 Å². The Bertz CT molecular complexity index is 1480. The largest absolute Gasteiger partial charge is 0.481 e. The van der Waals surface area contributed by atoms with Crippen LogP contribution in [0, 0.1) is 6.92 Å². The van der Waals surface area contributed by atoms with Crippen molar-refractivity contribution in [3.05, 3.63) is 89.1 Å². The first-order chi connectivity index (χ1) is 15.5. The van der Waals surface area contributed by atoms with Crippen molar-refractivity contribution in [3.8, 4) is 22.6 Å². The van der Waals surface area contributed by atoms with Gasteiger partial charge in [-0.3, -0.25) is 9.78 Å². The van der Waals surface area contributed by atoms with Crippen molar-refractivity contribution < 1.29 is 14.3 Å². The van der Waals surface area contributed by atoms with Crippen LogP contribution in [0.3, 0.4) is 0 Å². The van der Waals surface area contributed by atoms with E-state index in [0.29, 0.717) is 17.5 Å². The third-order valence-corrected chi connectivity index (χ3v) is 5.48. The van der Waals surface area contributed by atoms with Crippen molar-refractivity contribution in [2.45, 2.75) is 19.8 Å². The van der Waals surface area contributed by atoms with Crippen LogP contribution in [0.25, 0.3) is 33.7 Å². The van der Waals surface area contributed by atoms with Gasteiger partial charge in [-0.2, -0.15) is 0 Å². The fourth-order valence-corrected chi connectivity index (χ4v) is 3.96. The number of carbonyl (C=O) groups is 1. The fraction of sp³-hybridized carbons (Fsp3) is 0.125. The van der Waals surface area contributed by atoms with E-state index >= 15 is 0 Å². The summed E-state index contributed by atoms with van der Waals surface area (Å²) in [5.74, 6) is -0.463. The number of H-pyrrole nitrogens is 1. The molecule has 2 aromatic carbocycles. The van der Waals surface area contributed by atoms with Gasteiger partial charge in [0.05, 0.1) is 17.6 Å². The molecule has 0 bridgehead atoms. The SMILES string of the molecule is Cc1nccn1-c1ccc(-c2ccc(CCC(=O)O)n2-c2ccc3oc(=O)[nH]c3c2)cc1. The van der Waals surface area contributed by atoms with Crippen LogP contribution in [0.4, 0.5) is 0 Å². The molecule has 5 aromatic rings. The lowest BCUT2D eigenvalue weighted by molar-refractivity contribution is -0.136. The summed E-state index contributed by atoms with van der Waals surface area (Å²) >= 11 is 0. The molecule has 8 nitrogen and oxygen atoms in total. The predicted octanol–water partition coefficient (Wildman–Crippen LogP) is 4.09. The summed E-state index contributed by atoms with van der Waals surface area (Å²) in [5.41, 5.74) is 5.64. The van der Waals surface area contributed by atoms with Gasteiger partial charge in [0.25, 0.3) is 0 Å². The molecule has 0 aliphatic rings. The first-order valence-electron chi connectivity index (χ1n) is 10.2. The normalized spacial score (nSPS) is 11.3. The molecule has 32 heavy (non-hydrogen) atoms. The standard InChI is InChI=1S/C24H20N4O4/c1-15-25-12-13-27(15)17-4-2-16(3-5-17)21-9-6-18(8-11-23(29)30)28(21)19-7-10-22-20(14-19)26-24(31)32-22/h2-7,9-10,12-14H,8,11H2,1H3,(H,26,31)(H,29,30). The summed E-state index contributed by atoms with van der Waals surface area (Å²) in [7, 11) is 0. The van der Waals surface area contributed by atoms with E-state index in [1.807, 2.05) is 70.8 Å². The van der Waals surface area contributed by atoms with E-state index in [-0.39, 0.29) is 6.42 Å². The van der Waals surface area contributed by atoms with Gasteiger partial charge in [0, 0.05) is 29.5 Å². The van der Waals surface area contributed by atoms with Gasteiger partial charge in [-0.15, -0.1) is 0 Å². The Kier molecular flexibility index (Phi) is 4.74. The molecule has 2 N–H and O–H groups in total. The van der Waals surface area contributed by atoms with E-state index in [9.17, 15) is 14.7 Å². The zero-order valence-corrected chi connectivity index (χ0v) is 17.3. The quantitative estimate of drug-likeness (QED) is 0.424. The van der Waals surface area contributed by atoms with Crippen LogP contribution in [0.5, 0.6) is 0 Å². The highest BCUT2D eigenvalue weighted by Crippen LogP contribution is 2.29. The average molecular weight is 428 g/mol. The number of fused-ring (bicyclic) bond motifs is 1. The Balaban J connectivity index is 1.61. The van der Waals surface area contributed by atoms with Gasteiger partial charge in [-0.1, -0.05) is 12.1 Å². The Labute approximate surface area is 182 Å². The van der Waals surface area contributed by atoms with Crippen LogP contribution < -0.4 is 5.76 Å². The number of oxazole rings is 1. The number of aryl methyl sites for hydroxylation is 2. The highest BCUT2D eigenvalue weighted by atomic mass is 16.4. The first-order valence-corrected chi connectivity index (χ1v) is 10.2. The van der Waals surface area contributed by atoms with Gasteiger partial charge < -0.3 is 18.7 Å². The van der Waals surface area contributed by atoms with Gasteiger partial charge in [0.15, 0.2) is 5.58 Å². The van der Waals surface area contributed by atoms with Crippen LogP contribution in [0.2, 0.25) is 0 Å². The van der Waals surface area contributed by atoms with Crippen molar-refractivity contribution in [3.63, 3.8) is 0 Å². The Morgan fingerprint density at radius 1 is 1.09 bits per heavy atom. The molecule has 0 aliphatic carbocycles. The molecule has 0 atom stereocenters.